The average Bonchev–Trinajstić information content (AvgIpc) is 2.55. The van der Waals surface area contributed by atoms with Gasteiger partial charge in [0.25, 0.3) is 5.91 Å². The Morgan fingerprint density at radius 2 is 2.00 bits per heavy atom. The van der Waals surface area contributed by atoms with E-state index in [9.17, 15) is 4.79 Å². The summed E-state index contributed by atoms with van der Waals surface area (Å²) in [6.45, 7) is 3.92. The summed E-state index contributed by atoms with van der Waals surface area (Å²) in [7, 11) is 1.61. The zero-order valence-electron chi connectivity index (χ0n) is 13.9. The number of nitrogens with zero attached hydrogens (tertiary/aromatic N) is 1. The number of ether oxygens (including phenoxy) is 2. The molecular weight excluding hydrogens is 304 g/mol. The SMILES string of the molecule is COc1cccc(/C=C2/Oc3ccc(N)cc3N(C(C)C)C2=O)c1. The van der Waals surface area contributed by atoms with Crippen LogP contribution in [0.5, 0.6) is 11.5 Å². The molecule has 0 radical (unpaired) electrons. The summed E-state index contributed by atoms with van der Waals surface area (Å²) in [4.78, 5) is 14.6. The van der Waals surface area contributed by atoms with Crippen LogP contribution in [-0.2, 0) is 4.79 Å². The molecule has 3 rings (SSSR count). The smallest absolute Gasteiger partial charge is 0.294 e. The van der Waals surface area contributed by atoms with E-state index < -0.39 is 0 Å². The Hall–Kier alpha value is -2.95. The Morgan fingerprint density at radius 3 is 2.71 bits per heavy atom. The number of carbonyl (C=O) groups is 1. The highest BCUT2D eigenvalue weighted by atomic mass is 16.5. The quantitative estimate of drug-likeness (QED) is 0.694. The van der Waals surface area contributed by atoms with Gasteiger partial charge in [0.15, 0.2) is 11.5 Å². The molecule has 5 heteroatoms. The zero-order valence-corrected chi connectivity index (χ0v) is 13.9. The first kappa shape index (κ1) is 15.9. The summed E-state index contributed by atoms with van der Waals surface area (Å²) in [5, 5.41) is 0. The van der Waals surface area contributed by atoms with Gasteiger partial charge in [0.05, 0.1) is 12.8 Å². The Morgan fingerprint density at radius 1 is 1.21 bits per heavy atom. The molecular formula is C19H20N2O3. The molecule has 2 aromatic carbocycles. The summed E-state index contributed by atoms with van der Waals surface area (Å²) in [5.41, 5.74) is 7.98. The van der Waals surface area contributed by atoms with Crippen molar-refractivity contribution in [3.8, 4) is 11.5 Å². The molecule has 1 amide bonds. The summed E-state index contributed by atoms with van der Waals surface area (Å²) in [6, 6.07) is 12.7. The standard InChI is InChI=1S/C19H20N2O3/c1-12(2)21-16-11-14(20)7-8-17(16)24-18(19(21)22)10-13-5-4-6-15(9-13)23-3/h4-12H,20H2,1-3H3/b18-10+. The van der Waals surface area contributed by atoms with Crippen LogP contribution in [0.15, 0.2) is 48.2 Å². The topological polar surface area (TPSA) is 64.8 Å². The van der Waals surface area contributed by atoms with Crippen molar-refractivity contribution in [2.45, 2.75) is 19.9 Å². The molecule has 0 aromatic heterocycles. The molecule has 124 valence electrons. The number of methoxy groups -OCH3 is 1. The number of fused-ring (bicyclic) bond motifs is 1. The number of hydrogen-bond acceptors (Lipinski definition) is 4. The third-order valence-corrected chi connectivity index (χ3v) is 3.80. The predicted octanol–water partition coefficient (Wildman–Crippen LogP) is 3.45. The number of nitrogen functional groups attached to an aromatic ring is 1. The van der Waals surface area contributed by atoms with Crippen LogP contribution in [0.25, 0.3) is 6.08 Å². The molecule has 0 spiro atoms. The number of hydrogen-bond donors (Lipinski definition) is 1. The Bertz CT molecular complexity index is 812. The Balaban J connectivity index is 2.05. The second-order valence-corrected chi connectivity index (χ2v) is 5.88. The van der Waals surface area contributed by atoms with Crippen LogP contribution in [0.4, 0.5) is 11.4 Å². The van der Waals surface area contributed by atoms with E-state index in [-0.39, 0.29) is 17.7 Å². The third kappa shape index (κ3) is 2.93. The molecule has 24 heavy (non-hydrogen) atoms. The van der Waals surface area contributed by atoms with E-state index >= 15 is 0 Å². The maximum atomic E-state index is 12.9. The van der Waals surface area contributed by atoms with Crippen molar-refractivity contribution in [1.82, 2.24) is 0 Å². The van der Waals surface area contributed by atoms with Gasteiger partial charge in [-0.15, -0.1) is 0 Å². The third-order valence-electron chi connectivity index (χ3n) is 3.80. The van der Waals surface area contributed by atoms with Gasteiger partial charge in [-0.25, -0.2) is 0 Å². The number of rotatable bonds is 3. The van der Waals surface area contributed by atoms with E-state index in [0.717, 1.165) is 11.3 Å². The summed E-state index contributed by atoms with van der Waals surface area (Å²) in [6.07, 6.45) is 1.72. The van der Waals surface area contributed by atoms with Crippen LogP contribution < -0.4 is 20.1 Å². The minimum absolute atomic E-state index is 0.0179. The molecule has 1 aliphatic heterocycles. The van der Waals surface area contributed by atoms with E-state index in [0.29, 0.717) is 17.1 Å². The van der Waals surface area contributed by atoms with Crippen molar-refractivity contribution in [3.05, 3.63) is 53.8 Å². The normalized spacial score (nSPS) is 15.4. The molecule has 1 aliphatic rings. The number of amides is 1. The van der Waals surface area contributed by atoms with E-state index in [1.165, 1.54) is 0 Å². The van der Waals surface area contributed by atoms with Crippen molar-refractivity contribution in [3.63, 3.8) is 0 Å². The molecule has 2 aromatic rings. The molecule has 0 bridgehead atoms. The maximum Gasteiger partial charge on any atom is 0.294 e. The fourth-order valence-electron chi connectivity index (χ4n) is 2.69. The Labute approximate surface area is 141 Å². The highest BCUT2D eigenvalue weighted by Gasteiger charge is 2.32. The fourth-order valence-corrected chi connectivity index (χ4v) is 2.69. The van der Waals surface area contributed by atoms with Gasteiger partial charge in [0.2, 0.25) is 0 Å². The van der Waals surface area contributed by atoms with Crippen LogP contribution in [0.1, 0.15) is 19.4 Å². The van der Waals surface area contributed by atoms with Gasteiger partial charge in [-0.05, 0) is 55.8 Å². The van der Waals surface area contributed by atoms with Crippen molar-refractivity contribution in [1.29, 1.82) is 0 Å². The van der Waals surface area contributed by atoms with Crippen LogP contribution in [-0.4, -0.2) is 19.1 Å². The lowest BCUT2D eigenvalue weighted by atomic mass is 10.1. The molecule has 0 saturated carbocycles. The molecule has 0 aliphatic carbocycles. The minimum atomic E-state index is -0.189. The van der Waals surface area contributed by atoms with Gasteiger partial charge < -0.3 is 15.2 Å². The highest BCUT2D eigenvalue weighted by Crippen LogP contribution is 2.38. The van der Waals surface area contributed by atoms with Gasteiger partial charge in [-0.1, -0.05) is 12.1 Å². The molecule has 1 heterocycles. The molecule has 0 atom stereocenters. The van der Waals surface area contributed by atoms with E-state index in [1.807, 2.05) is 38.1 Å². The van der Waals surface area contributed by atoms with E-state index in [1.54, 1.807) is 36.3 Å². The van der Waals surface area contributed by atoms with Crippen LogP contribution in [0.2, 0.25) is 0 Å². The largest absolute Gasteiger partial charge is 0.497 e. The maximum absolute atomic E-state index is 12.9. The van der Waals surface area contributed by atoms with Crippen molar-refractivity contribution < 1.29 is 14.3 Å². The zero-order chi connectivity index (χ0) is 17.3. The Kier molecular flexibility index (Phi) is 4.16. The first-order valence-electron chi connectivity index (χ1n) is 7.76. The monoisotopic (exact) mass is 324 g/mol. The average molecular weight is 324 g/mol. The lowest BCUT2D eigenvalue weighted by Crippen LogP contribution is -2.42. The van der Waals surface area contributed by atoms with Crippen LogP contribution in [0.3, 0.4) is 0 Å². The summed E-state index contributed by atoms with van der Waals surface area (Å²) >= 11 is 0. The fraction of sp³-hybridized carbons (Fsp3) is 0.211. The highest BCUT2D eigenvalue weighted by molar-refractivity contribution is 6.10. The van der Waals surface area contributed by atoms with Gasteiger partial charge in [0.1, 0.15) is 5.75 Å². The van der Waals surface area contributed by atoms with E-state index in [2.05, 4.69) is 0 Å². The summed E-state index contributed by atoms with van der Waals surface area (Å²) < 4.78 is 11.1. The van der Waals surface area contributed by atoms with Gasteiger partial charge in [-0.3, -0.25) is 9.69 Å². The van der Waals surface area contributed by atoms with Crippen molar-refractivity contribution in [2.24, 2.45) is 0 Å². The number of benzene rings is 2. The first-order valence-corrected chi connectivity index (χ1v) is 7.76. The van der Waals surface area contributed by atoms with Gasteiger partial charge >= 0.3 is 0 Å². The lowest BCUT2D eigenvalue weighted by Gasteiger charge is -2.33. The predicted molar refractivity (Wildman–Crippen MR) is 95.1 cm³/mol. The van der Waals surface area contributed by atoms with Crippen molar-refractivity contribution in [2.75, 3.05) is 17.7 Å². The van der Waals surface area contributed by atoms with Crippen LogP contribution >= 0.6 is 0 Å². The van der Waals surface area contributed by atoms with Gasteiger partial charge in [0, 0.05) is 11.7 Å². The molecule has 0 saturated heterocycles. The lowest BCUT2D eigenvalue weighted by molar-refractivity contribution is -0.117. The van der Waals surface area contributed by atoms with E-state index in [4.69, 9.17) is 15.2 Å². The molecule has 5 nitrogen and oxygen atoms in total. The van der Waals surface area contributed by atoms with Gasteiger partial charge in [-0.2, -0.15) is 0 Å². The second kappa shape index (κ2) is 6.28. The van der Waals surface area contributed by atoms with Crippen LogP contribution in [0, 0.1) is 0 Å². The summed E-state index contributed by atoms with van der Waals surface area (Å²) in [5.74, 6) is 1.42. The number of carbonyl (C=O) groups excluding carboxylic acids is 1. The number of nitrogens with two attached hydrogens (primary N) is 1. The first-order chi connectivity index (χ1) is 11.5. The minimum Gasteiger partial charge on any atom is -0.497 e. The number of anilines is 2. The second-order valence-electron chi connectivity index (χ2n) is 5.88. The van der Waals surface area contributed by atoms with Crippen molar-refractivity contribution >= 4 is 23.4 Å². The molecule has 0 unspecified atom stereocenters. The molecule has 0 fully saturated rings. The molecule has 2 N–H and O–H groups in total.